The van der Waals surface area contributed by atoms with Crippen LogP contribution in [0.4, 0.5) is 38.5 Å². The molecule has 1 aliphatic rings. The summed E-state index contributed by atoms with van der Waals surface area (Å²) in [4.78, 5) is 21.3. The first-order valence-electron chi connectivity index (χ1n) is 10.5. The first-order chi connectivity index (χ1) is 15.7. The molecule has 0 spiro atoms. The molecule has 1 aromatic heterocycles. The van der Waals surface area contributed by atoms with Gasteiger partial charge in [-0.25, -0.2) is 23.5 Å². The lowest BCUT2D eigenvalue weighted by molar-refractivity contribution is -0.137. The number of hydrogen-bond donors (Lipinski definition) is 1. The number of benzene rings is 1. The normalized spacial score (nSPS) is 18.6. The van der Waals surface area contributed by atoms with E-state index in [2.05, 4.69) is 15.3 Å². The van der Waals surface area contributed by atoms with E-state index in [0.717, 1.165) is 23.2 Å². The van der Waals surface area contributed by atoms with Crippen LogP contribution in [0.1, 0.15) is 51.8 Å². The van der Waals surface area contributed by atoms with Crippen molar-refractivity contribution in [3.63, 3.8) is 0 Å². The number of alkyl halides is 3. The fourth-order valence-corrected chi connectivity index (χ4v) is 3.58. The Morgan fingerprint density at radius 3 is 2.44 bits per heavy atom. The average molecular weight is 488 g/mol. The summed E-state index contributed by atoms with van der Waals surface area (Å²) in [5.41, 5.74) is -1.73. The molecule has 0 bridgehead atoms. The number of ether oxygens (including phenoxy) is 2. The van der Waals surface area contributed by atoms with Crippen LogP contribution in [0.2, 0.25) is 0 Å². The number of rotatable bonds is 6. The standard InChI is InChI=1S/C22H25F5N4O3/c1-11(14-7-6-13(8-15(14)23)22(25,26)27)29-19-28-9-16(24)18(30-19)31-17(10-33-20(31)32)12(2)34-21(3,4)5/h6-9,11-12,17H,10H2,1-5H3,(H,28,29,30)/t11-,12+,17+/m0/s1. The number of hydrogen-bond acceptors (Lipinski definition) is 6. The minimum Gasteiger partial charge on any atom is -0.447 e. The van der Waals surface area contributed by atoms with E-state index in [0.29, 0.717) is 6.07 Å². The van der Waals surface area contributed by atoms with Gasteiger partial charge in [-0.2, -0.15) is 18.2 Å². The van der Waals surface area contributed by atoms with E-state index in [1.165, 1.54) is 6.92 Å². The molecule has 1 aliphatic heterocycles. The van der Waals surface area contributed by atoms with E-state index in [1.807, 2.05) is 20.8 Å². The summed E-state index contributed by atoms with van der Waals surface area (Å²) in [5.74, 6) is -2.50. The number of aromatic nitrogens is 2. The van der Waals surface area contributed by atoms with Gasteiger partial charge in [0.1, 0.15) is 18.5 Å². The SMILES string of the molecule is C[C@H](Nc1ncc(F)c(N2C(=O)OC[C@@H]2[C@@H](C)OC(C)(C)C)n1)c1ccc(C(F)(F)F)cc1F. The van der Waals surface area contributed by atoms with Gasteiger partial charge in [-0.3, -0.25) is 0 Å². The quantitative estimate of drug-likeness (QED) is 0.543. The highest BCUT2D eigenvalue weighted by Crippen LogP contribution is 2.33. The largest absolute Gasteiger partial charge is 0.447 e. The topological polar surface area (TPSA) is 76.6 Å². The van der Waals surface area contributed by atoms with Crippen LogP contribution in [0.15, 0.2) is 24.4 Å². The van der Waals surface area contributed by atoms with Crippen molar-refractivity contribution in [3.05, 3.63) is 47.2 Å². The Balaban J connectivity index is 1.85. The van der Waals surface area contributed by atoms with Gasteiger partial charge in [-0.05, 0) is 46.8 Å². The molecule has 1 saturated heterocycles. The van der Waals surface area contributed by atoms with E-state index < -0.39 is 53.3 Å². The van der Waals surface area contributed by atoms with E-state index in [1.54, 1.807) is 6.92 Å². The summed E-state index contributed by atoms with van der Waals surface area (Å²) in [5, 5.41) is 2.73. The fraction of sp³-hybridized carbons (Fsp3) is 0.500. The van der Waals surface area contributed by atoms with Crippen molar-refractivity contribution in [1.82, 2.24) is 9.97 Å². The van der Waals surface area contributed by atoms with Crippen LogP contribution in [0.25, 0.3) is 0 Å². The van der Waals surface area contributed by atoms with Crippen molar-refractivity contribution in [2.24, 2.45) is 0 Å². The second-order valence-electron chi connectivity index (χ2n) is 8.91. The molecule has 0 radical (unpaired) electrons. The van der Waals surface area contributed by atoms with Crippen molar-refractivity contribution < 1.29 is 36.2 Å². The highest BCUT2D eigenvalue weighted by atomic mass is 19.4. The van der Waals surface area contributed by atoms with Gasteiger partial charge < -0.3 is 14.8 Å². The Morgan fingerprint density at radius 1 is 1.18 bits per heavy atom. The molecule has 2 aromatic rings. The molecule has 186 valence electrons. The van der Waals surface area contributed by atoms with Crippen molar-refractivity contribution in [2.75, 3.05) is 16.8 Å². The van der Waals surface area contributed by atoms with Crippen LogP contribution in [-0.2, 0) is 15.7 Å². The molecule has 7 nitrogen and oxygen atoms in total. The molecular formula is C22H25F5N4O3. The minimum absolute atomic E-state index is 0.0462. The second-order valence-corrected chi connectivity index (χ2v) is 8.91. The number of halogens is 5. The summed E-state index contributed by atoms with van der Waals surface area (Å²) in [7, 11) is 0. The highest BCUT2D eigenvalue weighted by molar-refractivity contribution is 5.89. The lowest BCUT2D eigenvalue weighted by atomic mass is 10.0. The van der Waals surface area contributed by atoms with Crippen LogP contribution < -0.4 is 10.2 Å². The predicted octanol–water partition coefficient (Wildman–Crippen LogP) is 5.48. The molecular weight excluding hydrogens is 463 g/mol. The maximum atomic E-state index is 14.6. The lowest BCUT2D eigenvalue weighted by Gasteiger charge is -2.31. The van der Waals surface area contributed by atoms with Crippen molar-refractivity contribution in [2.45, 2.75) is 64.6 Å². The van der Waals surface area contributed by atoms with Crippen molar-refractivity contribution in [3.8, 4) is 0 Å². The van der Waals surface area contributed by atoms with Gasteiger partial charge in [-0.1, -0.05) is 6.07 Å². The molecule has 3 atom stereocenters. The number of cyclic esters (lactones) is 1. The highest BCUT2D eigenvalue weighted by Gasteiger charge is 2.42. The van der Waals surface area contributed by atoms with Gasteiger partial charge in [0, 0.05) is 5.56 Å². The molecule has 1 amide bonds. The number of anilines is 2. The second kappa shape index (κ2) is 9.32. The Bertz CT molecular complexity index is 1060. The number of carbonyl (C=O) groups excluding carboxylic acids is 1. The van der Waals surface area contributed by atoms with Gasteiger partial charge in [0.05, 0.1) is 29.5 Å². The molecule has 12 heteroatoms. The van der Waals surface area contributed by atoms with Gasteiger partial charge >= 0.3 is 12.3 Å². The molecule has 3 rings (SSSR count). The third-order valence-corrected chi connectivity index (χ3v) is 5.08. The van der Waals surface area contributed by atoms with Crippen LogP contribution in [0.5, 0.6) is 0 Å². The smallest absolute Gasteiger partial charge is 0.416 e. The van der Waals surface area contributed by atoms with E-state index >= 15 is 0 Å². The number of amides is 1. The zero-order valence-corrected chi connectivity index (χ0v) is 19.2. The van der Waals surface area contributed by atoms with Crippen molar-refractivity contribution in [1.29, 1.82) is 0 Å². The number of nitrogens with one attached hydrogen (secondary N) is 1. The third-order valence-electron chi connectivity index (χ3n) is 5.08. The maximum Gasteiger partial charge on any atom is 0.416 e. The average Bonchev–Trinajstić information content (AvgIpc) is 3.08. The first kappa shape index (κ1) is 25.6. The number of carbonyl (C=O) groups is 1. The molecule has 2 heterocycles. The van der Waals surface area contributed by atoms with E-state index in [4.69, 9.17) is 9.47 Å². The Hall–Kier alpha value is -3.02. The summed E-state index contributed by atoms with van der Waals surface area (Å²) in [6, 6.07) is 0.611. The van der Waals surface area contributed by atoms with Crippen LogP contribution in [0, 0.1) is 11.6 Å². The third kappa shape index (κ3) is 5.72. The first-order valence-corrected chi connectivity index (χ1v) is 10.5. The van der Waals surface area contributed by atoms with Crippen LogP contribution in [-0.4, -0.2) is 40.4 Å². The van der Waals surface area contributed by atoms with Gasteiger partial charge in [0.2, 0.25) is 5.95 Å². The van der Waals surface area contributed by atoms with Gasteiger partial charge in [0.15, 0.2) is 11.6 Å². The monoisotopic (exact) mass is 488 g/mol. The molecule has 34 heavy (non-hydrogen) atoms. The van der Waals surface area contributed by atoms with Crippen LogP contribution in [0.3, 0.4) is 0 Å². The molecule has 0 unspecified atom stereocenters. The molecule has 0 saturated carbocycles. The predicted molar refractivity (Wildman–Crippen MR) is 113 cm³/mol. The zero-order valence-electron chi connectivity index (χ0n) is 19.2. The van der Waals surface area contributed by atoms with Gasteiger partial charge in [0.25, 0.3) is 0 Å². The molecule has 1 N–H and O–H groups in total. The summed E-state index contributed by atoms with van der Waals surface area (Å²) in [6.07, 6.45) is -5.20. The van der Waals surface area contributed by atoms with Crippen LogP contribution >= 0.6 is 0 Å². The minimum atomic E-state index is -4.68. The zero-order chi connectivity index (χ0) is 25.4. The number of nitrogens with zero attached hydrogens (tertiary/aromatic N) is 3. The fourth-order valence-electron chi connectivity index (χ4n) is 3.58. The van der Waals surface area contributed by atoms with E-state index in [-0.39, 0.29) is 23.9 Å². The summed E-state index contributed by atoms with van der Waals surface area (Å²) >= 11 is 0. The molecule has 1 aromatic carbocycles. The maximum absolute atomic E-state index is 14.6. The van der Waals surface area contributed by atoms with E-state index in [9.17, 15) is 26.7 Å². The summed E-state index contributed by atoms with van der Waals surface area (Å²) < 4.78 is 78.3. The molecule has 0 aliphatic carbocycles. The Kier molecular flexibility index (Phi) is 7.02. The Labute approximate surface area is 193 Å². The summed E-state index contributed by atoms with van der Waals surface area (Å²) in [6.45, 7) is 8.65. The molecule has 1 fully saturated rings. The Morgan fingerprint density at radius 2 is 1.85 bits per heavy atom. The lowest BCUT2D eigenvalue weighted by Crippen LogP contribution is -2.45. The van der Waals surface area contributed by atoms with Gasteiger partial charge in [-0.15, -0.1) is 0 Å². The van der Waals surface area contributed by atoms with Crippen molar-refractivity contribution >= 4 is 17.9 Å².